The second kappa shape index (κ2) is 12.0. The maximum atomic E-state index is 13.7. The number of hydrogen-bond donors (Lipinski definition) is 1. The van der Waals surface area contributed by atoms with Crippen LogP contribution in [0.4, 0.5) is 15.9 Å². The molecule has 0 bridgehead atoms. The number of fused-ring (bicyclic) bond motifs is 1. The molecule has 0 radical (unpaired) electrons. The molecule has 2 saturated heterocycles. The molecule has 0 saturated carbocycles. The second-order valence-corrected chi connectivity index (χ2v) is 9.28. The standard InChI is InChI=1S/C26H30ClFN4O4/c27-21-14-18(2-3-22(21)28)31-26-25-23(29-17-30-26)15-20(16-24(25)36-19-4-10-33-11-5-19)35-9-1-6-32-7-12-34-13-8-32/h2-3,14-17,19H,1,4-13H2,(H,29,30,31). The fourth-order valence-electron chi connectivity index (χ4n) is 4.39. The smallest absolute Gasteiger partial charge is 0.145 e. The zero-order valence-electron chi connectivity index (χ0n) is 20.1. The van der Waals surface area contributed by atoms with Crippen molar-refractivity contribution in [1.29, 1.82) is 0 Å². The summed E-state index contributed by atoms with van der Waals surface area (Å²) in [5.74, 6) is 1.40. The van der Waals surface area contributed by atoms with Gasteiger partial charge in [0.05, 0.1) is 49.0 Å². The van der Waals surface area contributed by atoms with Crippen LogP contribution in [0.15, 0.2) is 36.7 Å². The lowest BCUT2D eigenvalue weighted by atomic mass is 10.1. The van der Waals surface area contributed by atoms with Gasteiger partial charge in [-0.1, -0.05) is 11.6 Å². The minimum atomic E-state index is -0.478. The number of aromatic nitrogens is 2. The highest BCUT2D eigenvalue weighted by molar-refractivity contribution is 6.31. The Bertz CT molecular complexity index is 1170. The number of nitrogens with one attached hydrogen (secondary N) is 1. The fourth-order valence-corrected chi connectivity index (χ4v) is 4.57. The van der Waals surface area contributed by atoms with Gasteiger partial charge in [-0.2, -0.15) is 0 Å². The zero-order chi connectivity index (χ0) is 24.7. The van der Waals surface area contributed by atoms with Crippen LogP contribution in [0, 0.1) is 5.82 Å². The molecule has 1 N–H and O–H groups in total. The largest absolute Gasteiger partial charge is 0.493 e. The molecule has 0 aliphatic carbocycles. The number of nitrogens with zero attached hydrogens (tertiary/aromatic N) is 3. The molecule has 192 valence electrons. The summed E-state index contributed by atoms with van der Waals surface area (Å²) in [7, 11) is 0. The molecule has 2 aliphatic rings. The Morgan fingerprint density at radius 3 is 2.67 bits per heavy atom. The minimum Gasteiger partial charge on any atom is -0.493 e. The van der Waals surface area contributed by atoms with E-state index in [1.807, 2.05) is 12.1 Å². The van der Waals surface area contributed by atoms with Gasteiger partial charge in [0, 0.05) is 50.3 Å². The Labute approximate surface area is 214 Å². The molecule has 0 unspecified atom stereocenters. The maximum absolute atomic E-state index is 13.7. The summed E-state index contributed by atoms with van der Waals surface area (Å²) in [5.41, 5.74) is 1.30. The van der Waals surface area contributed by atoms with Crippen molar-refractivity contribution < 1.29 is 23.3 Å². The summed E-state index contributed by atoms with van der Waals surface area (Å²) >= 11 is 5.98. The lowest BCUT2D eigenvalue weighted by Crippen LogP contribution is -2.37. The lowest BCUT2D eigenvalue weighted by molar-refractivity contribution is 0.0261. The van der Waals surface area contributed by atoms with Gasteiger partial charge in [0.2, 0.25) is 0 Å². The van der Waals surface area contributed by atoms with Crippen LogP contribution in [-0.4, -0.2) is 73.6 Å². The molecule has 0 spiro atoms. The average molecular weight is 517 g/mol. The first-order valence-corrected chi connectivity index (χ1v) is 12.7. The molecule has 0 atom stereocenters. The van der Waals surface area contributed by atoms with Crippen molar-refractivity contribution in [2.45, 2.75) is 25.4 Å². The Kier molecular flexibility index (Phi) is 8.32. The third-order valence-electron chi connectivity index (χ3n) is 6.31. The summed E-state index contributed by atoms with van der Waals surface area (Å²) < 4.78 is 37.1. The zero-order valence-corrected chi connectivity index (χ0v) is 20.8. The molecule has 0 amide bonds. The van der Waals surface area contributed by atoms with E-state index in [9.17, 15) is 4.39 Å². The fraction of sp³-hybridized carbons (Fsp3) is 0.462. The van der Waals surface area contributed by atoms with Crippen LogP contribution < -0.4 is 14.8 Å². The third-order valence-corrected chi connectivity index (χ3v) is 6.60. The average Bonchev–Trinajstić information content (AvgIpc) is 2.90. The Morgan fingerprint density at radius 2 is 1.86 bits per heavy atom. The highest BCUT2D eigenvalue weighted by atomic mass is 35.5. The quantitative estimate of drug-likeness (QED) is 0.405. The van der Waals surface area contributed by atoms with Crippen LogP contribution in [0.2, 0.25) is 5.02 Å². The molecule has 5 rings (SSSR count). The third kappa shape index (κ3) is 6.34. The van der Waals surface area contributed by atoms with Gasteiger partial charge in [0.25, 0.3) is 0 Å². The Balaban J connectivity index is 1.38. The van der Waals surface area contributed by atoms with Crippen LogP contribution in [0.25, 0.3) is 10.9 Å². The normalized spacial score (nSPS) is 17.3. The summed E-state index contributed by atoms with van der Waals surface area (Å²) in [6.07, 6.45) is 4.02. The monoisotopic (exact) mass is 516 g/mol. The molecular weight excluding hydrogens is 487 g/mol. The van der Waals surface area contributed by atoms with Crippen molar-refractivity contribution in [3.8, 4) is 11.5 Å². The second-order valence-electron chi connectivity index (χ2n) is 8.88. The Morgan fingerprint density at radius 1 is 1.06 bits per heavy atom. The van der Waals surface area contributed by atoms with E-state index < -0.39 is 5.82 Å². The van der Waals surface area contributed by atoms with Crippen molar-refractivity contribution in [3.63, 3.8) is 0 Å². The van der Waals surface area contributed by atoms with Crippen LogP contribution >= 0.6 is 11.6 Å². The predicted octanol–water partition coefficient (Wildman–Crippen LogP) is 4.82. The van der Waals surface area contributed by atoms with Gasteiger partial charge in [-0.25, -0.2) is 14.4 Å². The summed E-state index contributed by atoms with van der Waals surface area (Å²) in [4.78, 5) is 11.3. The predicted molar refractivity (Wildman–Crippen MR) is 136 cm³/mol. The van der Waals surface area contributed by atoms with Gasteiger partial charge < -0.3 is 24.3 Å². The van der Waals surface area contributed by atoms with Crippen molar-refractivity contribution in [1.82, 2.24) is 14.9 Å². The van der Waals surface area contributed by atoms with E-state index in [4.69, 9.17) is 30.5 Å². The maximum Gasteiger partial charge on any atom is 0.145 e. The number of benzene rings is 2. The molecule has 2 aliphatic heterocycles. The number of hydrogen-bond acceptors (Lipinski definition) is 8. The first-order chi connectivity index (χ1) is 17.7. The Hall–Kier alpha value is -2.72. The number of halogens is 2. The van der Waals surface area contributed by atoms with Crippen LogP contribution in [0.3, 0.4) is 0 Å². The van der Waals surface area contributed by atoms with Crippen molar-refractivity contribution >= 4 is 34.0 Å². The summed E-state index contributed by atoms with van der Waals surface area (Å²) in [6, 6.07) is 8.25. The topological polar surface area (TPSA) is 78.0 Å². The van der Waals surface area contributed by atoms with Gasteiger partial charge in [-0.05, 0) is 24.6 Å². The van der Waals surface area contributed by atoms with Crippen LogP contribution in [0.1, 0.15) is 19.3 Å². The van der Waals surface area contributed by atoms with Gasteiger partial charge in [-0.15, -0.1) is 0 Å². The lowest BCUT2D eigenvalue weighted by Gasteiger charge is -2.26. The number of morpholine rings is 1. The van der Waals surface area contributed by atoms with E-state index in [2.05, 4.69) is 20.2 Å². The first kappa shape index (κ1) is 25.0. The van der Waals surface area contributed by atoms with Crippen molar-refractivity contribution in [2.75, 3.05) is 58.0 Å². The van der Waals surface area contributed by atoms with E-state index in [0.29, 0.717) is 48.3 Å². The molecule has 3 heterocycles. The number of rotatable bonds is 9. The van der Waals surface area contributed by atoms with E-state index in [-0.39, 0.29) is 11.1 Å². The molecule has 10 heteroatoms. The molecule has 3 aromatic rings. The van der Waals surface area contributed by atoms with E-state index in [0.717, 1.165) is 57.5 Å². The van der Waals surface area contributed by atoms with Gasteiger partial charge >= 0.3 is 0 Å². The van der Waals surface area contributed by atoms with Crippen molar-refractivity contribution in [2.24, 2.45) is 0 Å². The van der Waals surface area contributed by atoms with Crippen molar-refractivity contribution in [3.05, 3.63) is 47.5 Å². The molecule has 2 aromatic carbocycles. The highest BCUT2D eigenvalue weighted by Gasteiger charge is 2.20. The van der Waals surface area contributed by atoms with Crippen LogP contribution in [0.5, 0.6) is 11.5 Å². The molecule has 36 heavy (non-hydrogen) atoms. The van der Waals surface area contributed by atoms with E-state index in [1.54, 1.807) is 6.07 Å². The van der Waals surface area contributed by atoms with E-state index >= 15 is 0 Å². The molecule has 1 aromatic heterocycles. The van der Waals surface area contributed by atoms with Gasteiger partial charge in [-0.3, -0.25) is 4.90 Å². The highest BCUT2D eigenvalue weighted by Crippen LogP contribution is 2.37. The minimum absolute atomic E-state index is 0.0202. The number of anilines is 2. The summed E-state index contributed by atoms with van der Waals surface area (Å²) in [5, 5.41) is 4.00. The van der Waals surface area contributed by atoms with Crippen LogP contribution in [-0.2, 0) is 9.47 Å². The molecule has 2 fully saturated rings. The SMILES string of the molecule is Fc1ccc(Nc2ncnc3cc(OCCCN4CCOCC4)cc(OC4CCOCC4)c23)cc1Cl. The molecule has 8 nitrogen and oxygen atoms in total. The number of ether oxygens (including phenoxy) is 4. The molecular formula is C26H30ClFN4O4. The van der Waals surface area contributed by atoms with E-state index in [1.165, 1.54) is 18.5 Å². The first-order valence-electron chi connectivity index (χ1n) is 12.3. The summed E-state index contributed by atoms with van der Waals surface area (Å²) in [6.45, 7) is 6.39. The van der Waals surface area contributed by atoms with Gasteiger partial charge in [0.1, 0.15) is 35.6 Å². The van der Waals surface area contributed by atoms with Gasteiger partial charge in [0.15, 0.2) is 0 Å².